The molecule has 2 unspecified atom stereocenters. The van der Waals surface area contributed by atoms with Gasteiger partial charge in [-0.25, -0.2) is 4.79 Å². The second kappa shape index (κ2) is 39.5. The van der Waals surface area contributed by atoms with Crippen LogP contribution in [0.5, 0.6) is 51.7 Å². The summed E-state index contributed by atoms with van der Waals surface area (Å²) in [5.74, 6) is -15.9. The van der Waals surface area contributed by atoms with Crippen LogP contribution in [0.25, 0.3) is 21.6 Å². The van der Waals surface area contributed by atoms with Crippen molar-refractivity contribution in [3.8, 4) is 73.3 Å². The fourth-order valence-electron chi connectivity index (χ4n) is 15.8. The summed E-state index contributed by atoms with van der Waals surface area (Å²) in [6.07, 6.45) is -29.1. The number of phenolic OH excluding ortho intramolecular Hbond substituents is 3. The summed E-state index contributed by atoms with van der Waals surface area (Å²) in [4.78, 5) is 122. The highest BCUT2D eigenvalue weighted by Gasteiger charge is 2.53. The molecule has 0 saturated carbocycles. The molecule has 682 valence electrons. The molecule has 23 atom stereocenters. The van der Waals surface area contributed by atoms with Gasteiger partial charge in [-0.2, -0.15) is 0 Å². The molecule has 15 rings (SSSR count). The van der Waals surface area contributed by atoms with Crippen LogP contribution in [0.2, 0.25) is 10.0 Å². The molecule has 9 heterocycles. The van der Waals surface area contributed by atoms with Crippen molar-refractivity contribution in [2.24, 2.45) is 17.4 Å². The Morgan fingerprint density at radius 3 is 1.94 bits per heavy atom. The number of hydrogen-bond donors (Lipinski definition) is 22. The Morgan fingerprint density at radius 2 is 1.31 bits per heavy atom. The normalized spacial score (nSPS) is 29.5. The number of aliphatic carboxylic acids is 1. The van der Waals surface area contributed by atoms with E-state index in [2.05, 4.69) is 42.5 Å². The van der Waals surface area contributed by atoms with E-state index in [1.165, 1.54) is 44.4 Å². The molecule has 3 saturated heterocycles. The van der Waals surface area contributed by atoms with E-state index >= 15 is 24.0 Å². The molecule has 39 nitrogen and oxygen atoms in total. The van der Waals surface area contributed by atoms with Crippen molar-refractivity contribution in [1.29, 1.82) is 0 Å². The molecule has 6 aromatic carbocycles. The van der Waals surface area contributed by atoms with Gasteiger partial charge in [0.25, 0.3) is 0 Å². The maximum Gasteiger partial charge on any atom is 0.330 e. The number of halogens is 2. The van der Waals surface area contributed by atoms with E-state index < -0.39 is 279 Å². The van der Waals surface area contributed by atoms with Gasteiger partial charge in [0.15, 0.2) is 30.1 Å². The van der Waals surface area contributed by atoms with Crippen LogP contribution in [0.4, 0.5) is 0 Å². The molecule has 7 aromatic rings. The molecule has 0 spiro atoms. The number of hydrogen-bond acceptors (Lipinski definition) is 32. The zero-order chi connectivity index (χ0) is 91.6. The predicted octanol–water partition coefficient (Wildman–Crippen LogP) is 1.86. The van der Waals surface area contributed by atoms with Crippen molar-refractivity contribution >= 4 is 81.9 Å². The molecule has 42 heteroatoms. The third kappa shape index (κ3) is 20.7. The number of carbonyl (C=O) groups excluding carboxylic acids is 7. The fraction of sp³-hybridized carbons (Fsp3) is 0.435. The Kier molecular flexibility index (Phi) is 29.2. The van der Waals surface area contributed by atoms with E-state index in [0.29, 0.717) is 12.4 Å². The molecule has 24 N–H and O–H groups in total. The van der Waals surface area contributed by atoms with Crippen LogP contribution in [-0.4, -0.2) is 245 Å². The minimum absolute atomic E-state index is 0.129. The topological polar surface area (TPSA) is 611 Å². The van der Waals surface area contributed by atoms with Gasteiger partial charge in [-0.15, -0.1) is 11.3 Å². The van der Waals surface area contributed by atoms with Crippen molar-refractivity contribution in [1.82, 2.24) is 42.5 Å². The number of rotatable bonds is 22. The number of carboxylic acids is 1. The number of aliphatic hydroxyl groups excluding tert-OH is 8. The molecule has 7 amide bonds. The Balaban J connectivity index is 0.956. The van der Waals surface area contributed by atoms with Crippen molar-refractivity contribution in [2.75, 3.05) is 26.8 Å². The van der Waals surface area contributed by atoms with Crippen LogP contribution in [0.1, 0.15) is 117 Å². The number of thiophene rings is 1. The van der Waals surface area contributed by atoms with Gasteiger partial charge in [0.2, 0.25) is 53.4 Å². The van der Waals surface area contributed by atoms with Crippen LogP contribution < -0.4 is 72.9 Å². The fourth-order valence-corrected chi connectivity index (χ4v) is 17.3. The molecule has 127 heavy (non-hydrogen) atoms. The molecule has 8 aliphatic rings. The van der Waals surface area contributed by atoms with E-state index in [9.17, 15) is 75.7 Å². The summed E-state index contributed by atoms with van der Waals surface area (Å²) in [6.45, 7) is 7.88. The average molecular weight is 1830 g/mol. The van der Waals surface area contributed by atoms with Gasteiger partial charge >= 0.3 is 5.97 Å². The molecular weight excluding hydrogens is 1730 g/mol. The minimum atomic E-state index is -2.42. The number of nitrogens with two attached hydrogens (primary N) is 2. The van der Waals surface area contributed by atoms with Gasteiger partial charge in [-0.3, -0.25) is 33.6 Å². The first-order chi connectivity index (χ1) is 60.3. The highest BCUT2D eigenvalue weighted by atomic mass is 35.5. The van der Waals surface area contributed by atoms with Crippen molar-refractivity contribution < 1.29 is 142 Å². The number of aliphatic hydroxyl groups is 8. The van der Waals surface area contributed by atoms with Crippen LogP contribution in [-0.2, 0) is 68.6 Å². The summed E-state index contributed by atoms with van der Waals surface area (Å²) in [5, 5.41) is 160. The van der Waals surface area contributed by atoms with Gasteiger partial charge in [-0.1, -0.05) is 55.2 Å². The monoisotopic (exact) mass is 1820 g/mol. The summed E-state index contributed by atoms with van der Waals surface area (Å²) in [7, 11) is 1.46. The van der Waals surface area contributed by atoms with E-state index in [1.807, 2.05) is 57.2 Å². The highest BCUT2D eigenvalue weighted by molar-refractivity contribution is 7.15. The maximum atomic E-state index is 16.4. The van der Waals surface area contributed by atoms with Crippen molar-refractivity contribution in [3.63, 3.8) is 0 Å². The van der Waals surface area contributed by atoms with E-state index in [4.69, 9.17) is 77.3 Å². The number of phenols is 3. The number of ether oxygens (including phenoxy) is 9. The lowest BCUT2D eigenvalue weighted by molar-refractivity contribution is -0.350. The average Bonchev–Trinajstić information content (AvgIpc) is 1.17. The number of primary amides is 1. The number of aromatic hydroxyl groups is 3. The van der Waals surface area contributed by atoms with Gasteiger partial charge in [0, 0.05) is 57.6 Å². The van der Waals surface area contributed by atoms with Crippen LogP contribution in [0.15, 0.2) is 115 Å². The zero-order valence-corrected chi connectivity index (χ0v) is 71.2. The summed E-state index contributed by atoms with van der Waals surface area (Å²) >= 11 is 16.0. The van der Waals surface area contributed by atoms with Gasteiger partial charge < -0.3 is 158 Å². The van der Waals surface area contributed by atoms with Gasteiger partial charge in [0.05, 0.1) is 47.9 Å². The zero-order valence-electron chi connectivity index (χ0n) is 68.8. The summed E-state index contributed by atoms with van der Waals surface area (Å²) in [5.41, 5.74) is 8.94. The van der Waals surface area contributed by atoms with Crippen LogP contribution >= 0.6 is 34.5 Å². The molecular formula is C85H98Cl2N10O29S. The number of carboxylic acid groups (broad SMARTS) is 1. The van der Waals surface area contributed by atoms with Crippen LogP contribution in [0, 0.1) is 5.92 Å². The summed E-state index contributed by atoms with van der Waals surface area (Å²) in [6, 6.07) is 10.4. The van der Waals surface area contributed by atoms with E-state index in [1.54, 1.807) is 0 Å². The number of carbonyl (C=O) groups is 8. The first kappa shape index (κ1) is 93.9. The number of nitrogens with one attached hydrogen (secondary N) is 8. The molecule has 8 aliphatic heterocycles. The van der Waals surface area contributed by atoms with Gasteiger partial charge in [-0.05, 0) is 159 Å². The standard InChI is InChI=1S/C85H98Cl2N10O29S/c1-7-118-41-13-8-35(9-14-41)57-19-15-42(127-57)30-91-31-55-67(104)68(105)70(107)83(122-55)126-74-56(32-98)123-84(71(108)69(74)106)125-73-53-24-39-25-54(73)121-52-18-12-38(23-46(52)87)72(124-59-29-85(5,89)75(109)34(4)119-59)65-81(115)95-63(82(116)117)44-26-40(99)27-50(101)60(44)43-21-36(10-16-49(43)100)61(78(112)97-65)94-79(113)62(39)93-77(111)48(28-58(88)102)92-80(114)64(96-76(110)47(90-6)20-33(2)3)66(103)37-11-17-51(120-53)45(86)22-37/h8-19,21-27,33-34,47-48,55-56,59,61-72,74-75,83-84,90-91,98-101,103-109H,7,20,28-32,89H2,1-6H3,(H2,88,102)(H,92,114)(H,93,111)(H,94,113)(H,95,115)(H,96,110)(H,97,112)(H,116,117)/t34-,47+,48+,55+,56+,59?,61-,62+,63-,64?,65-,66+,67-,68-,69+,70+,71+,72+,74+,75-,83-,84-,85-/m0/s1. The quantitative estimate of drug-likeness (QED) is 0.0460. The number of benzene rings is 6. The van der Waals surface area contributed by atoms with Crippen LogP contribution in [0.3, 0.4) is 0 Å². The Bertz CT molecular complexity index is 5270. The van der Waals surface area contributed by atoms with Crippen molar-refractivity contribution in [3.05, 3.63) is 158 Å². The summed E-state index contributed by atoms with van der Waals surface area (Å²) < 4.78 is 56.9. The van der Waals surface area contributed by atoms with Crippen molar-refractivity contribution in [2.45, 2.75) is 200 Å². The van der Waals surface area contributed by atoms with E-state index in [0.717, 1.165) is 82.0 Å². The smallest absolute Gasteiger partial charge is 0.330 e. The largest absolute Gasteiger partial charge is 0.508 e. The third-order valence-corrected chi connectivity index (χ3v) is 24.2. The SMILES string of the molecule is CCOc1ccc(-c2ccc(CNC[C@H]3O[C@@H](O[C@H]4[C@H](O)[C@@H](O)[C@H](Oc5c6cc7cc5Oc5ccc(cc5Cl)[C@@H](OC5C[C@](C)(N)[C@@H](O)[C@H](C)O5)[C@@H]5NC(=O)[C@@H](NC(=O)[C@@H]7NC(=O)[C@@H](CC(N)=O)NC(=O)C(NC(=O)[C@@H](CC(C)C)NC)[C@H](O)c7ccc(c(Cl)c7)O6)c6ccc(O)c(c6)-c6c(O)cc(O)cc6[C@@H](C(=O)O)NC5=O)O[C@@H]4CO)[C@H](O)[C@@H](O)[C@H]3O)s2)cc1. The Hall–Kier alpha value is -10.7. The predicted molar refractivity (Wildman–Crippen MR) is 447 cm³/mol. The molecule has 0 radical (unpaired) electrons. The van der Waals surface area contributed by atoms with E-state index in [-0.39, 0.29) is 48.5 Å². The van der Waals surface area contributed by atoms with Gasteiger partial charge in [0.1, 0.15) is 126 Å². The second-order valence-electron chi connectivity index (χ2n) is 32.2. The number of amides is 7. The lowest BCUT2D eigenvalue weighted by atomic mass is 9.86. The third-order valence-electron chi connectivity index (χ3n) is 22.4. The highest BCUT2D eigenvalue weighted by Crippen LogP contribution is 2.51. The second-order valence-corrected chi connectivity index (χ2v) is 34.2. The first-order valence-corrected chi connectivity index (χ1v) is 42.0. The molecule has 1 aromatic heterocycles. The first-order valence-electron chi connectivity index (χ1n) is 40.5. The Morgan fingerprint density at radius 1 is 0.669 bits per heavy atom. The lowest BCUT2D eigenvalue weighted by Gasteiger charge is -2.46. The molecule has 3 fully saturated rings. The Labute approximate surface area is 738 Å². The minimum Gasteiger partial charge on any atom is -0.508 e. The maximum absolute atomic E-state index is 16.4. The molecule has 11 bridgehead atoms. The number of likely N-dealkylation sites (N-methyl/N-ethyl adjacent to an activating group) is 1. The molecule has 0 aliphatic carbocycles. The number of fused-ring (bicyclic) bond motifs is 15. The lowest BCUT2D eigenvalue weighted by Crippen LogP contribution is -2.65.